The second kappa shape index (κ2) is 51.6. The van der Waals surface area contributed by atoms with Crippen molar-refractivity contribution in [1.29, 1.82) is 0 Å². The number of carbonyl (C=O) groups excluding carboxylic acids is 2. The topological polar surface area (TPSA) is 61.8 Å². The molecule has 0 amide bonds. The Morgan fingerprint density at radius 1 is 0.387 bits per heavy atom. The molecule has 0 aromatic carbocycles. The maximum atomic E-state index is 12.7. The number of unbranched alkanes of at least 4 members (excludes halogenated alkanes) is 14. The zero-order chi connectivity index (χ0) is 44.9. The molecule has 5 heteroatoms. The molecule has 0 aliphatic rings. The van der Waals surface area contributed by atoms with Gasteiger partial charge in [-0.25, -0.2) is 0 Å². The second-order valence-corrected chi connectivity index (χ2v) is 16.0. The van der Waals surface area contributed by atoms with E-state index in [1.165, 1.54) is 77.0 Å². The SMILES string of the molecule is CC/C=C\C/C=C\C/C=C\C/C=C\C/C=C\CC(=O)OC(COCCC/C=C\C/C=C\C/C=C\C/C=C\CC)COC(=O)CCCCCCCCC/C=C\CCCCCCCC. The molecular formula is C57H92O5. The van der Waals surface area contributed by atoms with Gasteiger partial charge in [0.15, 0.2) is 6.10 Å². The van der Waals surface area contributed by atoms with Gasteiger partial charge in [-0.1, -0.05) is 206 Å². The molecule has 0 fully saturated rings. The average molecular weight is 857 g/mol. The van der Waals surface area contributed by atoms with E-state index in [1.54, 1.807) is 0 Å². The van der Waals surface area contributed by atoms with Crippen LogP contribution in [0.25, 0.3) is 0 Å². The first-order chi connectivity index (χ1) is 30.6. The molecular weight excluding hydrogens is 765 g/mol. The van der Waals surface area contributed by atoms with Crippen molar-refractivity contribution in [1.82, 2.24) is 0 Å². The summed E-state index contributed by atoms with van der Waals surface area (Å²) in [4.78, 5) is 25.3. The Balaban J connectivity index is 4.48. The van der Waals surface area contributed by atoms with E-state index in [-0.39, 0.29) is 31.6 Å². The number of hydrogen-bond acceptors (Lipinski definition) is 5. The molecule has 0 radical (unpaired) electrons. The van der Waals surface area contributed by atoms with E-state index in [4.69, 9.17) is 14.2 Å². The summed E-state index contributed by atoms with van der Waals surface area (Å²) in [5, 5.41) is 0. The van der Waals surface area contributed by atoms with Crippen LogP contribution < -0.4 is 0 Å². The molecule has 0 heterocycles. The highest BCUT2D eigenvalue weighted by Crippen LogP contribution is 2.12. The number of rotatable bonds is 44. The summed E-state index contributed by atoms with van der Waals surface area (Å²) < 4.78 is 17.2. The van der Waals surface area contributed by atoms with Gasteiger partial charge < -0.3 is 14.2 Å². The van der Waals surface area contributed by atoms with Crippen LogP contribution in [0.2, 0.25) is 0 Å². The van der Waals surface area contributed by atoms with E-state index >= 15 is 0 Å². The predicted octanol–water partition coefficient (Wildman–Crippen LogP) is 17.0. The standard InChI is InChI=1S/C57H92O5/c1-4-7-10-13-16-19-22-25-28-29-31-32-35-38-41-44-47-50-56(58)61-54-55(53-60-52-49-46-43-40-37-34-27-24-21-18-15-12-9-6-3)62-57(59)51-48-45-42-39-36-33-30-26-23-20-17-14-11-8-5-2/h8-9,11-12,17-18,20-21,25-28,30,34,36,39-40,43,45,48,55H,4-7,10,13-16,19,22-24,29,31-33,35,37-38,41-42,44,46-47,49-54H2,1-3H3/b11-8-,12-9-,20-17-,21-18-,28-25-,30-26-,34-27-,39-36-,43-40-,48-45-. The Hall–Kier alpha value is -3.70. The van der Waals surface area contributed by atoms with Crippen LogP contribution in [-0.2, 0) is 23.8 Å². The van der Waals surface area contributed by atoms with Crippen molar-refractivity contribution in [3.8, 4) is 0 Å². The molecule has 0 bridgehead atoms. The van der Waals surface area contributed by atoms with Crippen LogP contribution in [0.5, 0.6) is 0 Å². The van der Waals surface area contributed by atoms with Gasteiger partial charge in [0.05, 0.1) is 13.0 Å². The summed E-state index contributed by atoms with van der Waals surface area (Å²) >= 11 is 0. The first-order valence-corrected chi connectivity index (χ1v) is 25.1. The molecule has 0 saturated heterocycles. The smallest absolute Gasteiger partial charge is 0.310 e. The summed E-state index contributed by atoms with van der Waals surface area (Å²) in [7, 11) is 0. The molecule has 5 nitrogen and oxygen atoms in total. The molecule has 0 rings (SSSR count). The Morgan fingerprint density at radius 3 is 1.26 bits per heavy atom. The first kappa shape index (κ1) is 58.3. The van der Waals surface area contributed by atoms with E-state index in [2.05, 4.69) is 130 Å². The van der Waals surface area contributed by atoms with Gasteiger partial charge in [-0.3, -0.25) is 9.59 Å². The van der Waals surface area contributed by atoms with Gasteiger partial charge in [-0.05, 0) is 103 Å². The molecule has 0 spiro atoms. The lowest BCUT2D eigenvalue weighted by Crippen LogP contribution is -2.29. The molecule has 1 unspecified atom stereocenters. The van der Waals surface area contributed by atoms with Gasteiger partial charge in [-0.15, -0.1) is 0 Å². The lowest BCUT2D eigenvalue weighted by Gasteiger charge is -2.18. The maximum absolute atomic E-state index is 12.7. The number of ether oxygens (including phenoxy) is 3. The van der Waals surface area contributed by atoms with Crippen LogP contribution in [0.15, 0.2) is 122 Å². The minimum Gasteiger partial charge on any atom is -0.462 e. The Bertz CT molecular complexity index is 1290. The van der Waals surface area contributed by atoms with E-state index < -0.39 is 6.10 Å². The molecule has 0 aliphatic heterocycles. The number of carbonyl (C=O) groups is 2. The average Bonchev–Trinajstić information content (AvgIpc) is 3.27. The number of esters is 2. The van der Waals surface area contributed by atoms with Gasteiger partial charge in [0.25, 0.3) is 0 Å². The van der Waals surface area contributed by atoms with Crippen LogP contribution in [0, 0.1) is 0 Å². The molecule has 0 N–H and O–H groups in total. The van der Waals surface area contributed by atoms with Gasteiger partial charge in [0.1, 0.15) is 6.61 Å². The second-order valence-electron chi connectivity index (χ2n) is 16.0. The highest BCUT2D eigenvalue weighted by molar-refractivity contribution is 5.71. The highest BCUT2D eigenvalue weighted by Gasteiger charge is 2.17. The van der Waals surface area contributed by atoms with Crippen LogP contribution in [0.4, 0.5) is 0 Å². The molecule has 0 aliphatic carbocycles. The third-order valence-electron chi connectivity index (χ3n) is 10.00. The van der Waals surface area contributed by atoms with Gasteiger partial charge in [0, 0.05) is 13.0 Å². The quantitative estimate of drug-likeness (QED) is 0.0347. The molecule has 0 saturated carbocycles. The van der Waals surface area contributed by atoms with Crippen LogP contribution >= 0.6 is 0 Å². The van der Waals surface area contributed by atoms with Gasteiger partial charge in [-0.2, -0.15) is 0 Å². The highest BCUT2D eigenvalue weighted by atomic mass is 16.6. The zero-order valence-electron chi connectivity index (χ0n) is 40.1. The number of hydrogen-bond donors (Lipinski definition) is 0. The summed E-state index contributed by atoms with van der Waals surface area (Å²) in [5.41, 5.74) is 0. The minimum atomic E-state index is -0.628. The van der Waals surface area contributed by atoms with Gasteiger partial charge in [0.2, 0.25) is 0 Å². The third-order valence-corrected chi connectivity index (χ3v) is 10.00. The molecule has 0 aromatic rings. The Kier molecular flexibility index (Phi) is 48.6. The molecule has 0 aromatic heterocycles. The molecule has 1 atom stereocenters. The summed E-state index contributed by atoms with van der Waals surface area (Å²) in [6.45, 7) is 7.33. The van der Waals surface area contributed by atoms with Crippen LogP contribution in [-0.4, -0.2) is 37.9 Å². The van der Waals surface area contributed by atoms with Crippen molar-refractivity contribution in [3.63, 3.8) is 0 Å². The Morgan fingerprint density at radius 2 is 0.774 bits per heavy atom. The summed E-state index contributed by atoms with van der Waals surface area (Å²) in [5.74, 6) is -0.587. The third kappa shape index (κ3) is 49.0. The monoisotopic (exact) mass is 857 g/mol. The lowest BCUT2D eigenvalue weighted by molar-refractivity contribution is -0.162. The van der Waals surface area contributed by atoms with E-state index in [9.17, 15) is 9.59 Å². The fraction of sp³-hybridized carbons (Fsp3) is 0.614. The van der Waals surface area contributed by atoms with Gasteiger partial charge >= 0.3 is 11.9 Å². The predicted molar refractivity (Wildman–Crippen MR) is 269 cm³/mol. The van der Waals surface area contributed by atoms with Crippen molar-refractivity contribution < 1.29 is 23.8 Å². The fourth-order valence-corrected chi connectivity index (χ4v) is 6.35. The maximum Gasteiger partial charge on any atom is 0.310 e. The summed E-state index contributed by atoms with van der Waals surface area (Å²) in [6.07, 6.45) is 72.4. The zero-order valence-corrected chi connectivity index (χ0v) is 40.1. The first-order valence-electron chi connectivity index (χ1n) is 25.1. The fourth-order valence-electron chi connectivity index (χ4n) is 6.35. The van der Waals surface area contributed by atoms with Crippen molar-refractivity contribution in [2.24, 2.45) is 0 Å². The minimum absolute atomic E-state index is 0.0144. The van der Waals surface area contributed by atoms with Crippen molar-refractivity contribution in [2.75, 3.05) is 19.8 Å². The van der Waals surface area contributed by atoms with Crippen molar-refractivity contribution >= 4 is 11.9 Å². The van der Waals surface area contributed by atoms with Crippen LogP contribution in [0.3, 0.4) is 0 Å². The van der Waals surface area contributed by atoms with Crippen molar-refractivity contribution in [2.45, 2.75) is 207 Å². The Labute approximate surface area is 382 Å². The molecule has 350 valence electrons. The largest absolute Gasteiger partial charge is 0.462 e. The normalized spacial score (nSPS) is 13.3. The van der Waals surface area contributed by atoms with Crippen LogP contribution in [0.1, 0.15) is 201 Å². The molecule has 62 heavy (non-hydrogen) atoms. The van der Waals surface area contributed by atoms with E-state index in [0.29, 0.717) is 13.0 Å². The van der Waals surface area contributed by atoms with E-state index in [1.807, 2.05) is 12.2 Å². The lowest BCUT2D eigenvalue weighted by atomic mass is 10.1. The number of allylic oxidation sites excluding steroid dienone is 19. The van der Waals surface area contributed by atoms with Crippen molar-refractivity contribution in [3.05, 3.63) is 122 Å². The summed E-state index contributed by atoms with van der Waals surface area (Å²) in [6, 6.07) is 0. The van der Waals surface area contributed by atoms with E-state index in [0.717, 1.165) is 89.9 Å².